The van der Waals surface area contributed by atoms with Crippen molar-refractivity contribution in [2.45, 2.75) is 44.0 Å². The summed E-state index contributed by atoms with van der Waals surface area (Å²) in [7, 11) is -2.16. The van der Waals surface area contributed by atoms with E-state index in [0.717, 1.165) is 19.3 Å². The number of methoxy groups -OCH3 is 1. The third-order valence-electron chi connectivity index (χ3n) is 4.49. The summed E-state index contributed by atoms with van der Waals surface area (Å²) in [4.78, 5) is 0.143. The van der Waals surface area contributed by atoms with E-state index in [4.69, 9.17) is 10.5 Å². The quantitative estimate of drug-likeness (QED) is 0.836. The molecule has 1 aromatic carbocycles. The lowest BCUT2D eigenvalue weighted by Crippen LogP contribution is -2.43. The van der Waals surface area contributed by atoms with Crippen molar-refractivity contribution in [3.8, 4) is 5.75 Å². The van der Waals surface area contributed by atoms with Gasteiger partial charge in [0.25, 0.3) is 0 Å². The molecule has 0 heterocycles. The summed E-state index contributed by atoms with van der Waals surface area (Å²) >= 11 is 0. The number of benzene rings is 1. The molecule has 1 aliphatic carbocycles. The van der Waals surface area contributed by atoms with Crippen LogP contribution in [0.25, 0.3) is 0 Å². The van der Waals surface area contributed by atoms with Crippen LogP contribution >= 0.6 is 0 Å². The Morgan fingerprint density at radius 1 is 1.29 bits per heavy atom. The number of nitrogen functional groups attached to an aromatic ring is 1. The minimum Gasteiger partial charge on any atom is -0.495 e. The van der Waals surface area contributed by atoms with Gasteiger partial charge in [-0.15, -0.1) is 0 Å². The fraction of sp³-hybridized carbons (Fsp3) is 0.600. The standard InChI is InChI=1S/C15H24N2O3S/c1-10-5-4-6-13(11(10)2)17-21(18,19)15-8-7-12(16)9-14(15)20-3/h7-11,13,17H,4-6,16H2,1-3H3. The molecule has 118 valence electrons. The second kappa shape index (κ2) is 6.23. The van der Waals surface area contributed by atoms with E-state index in [1.165, 1.54) is 19.2 Å². The number of sulfonamides is 1. The van der Waals surface area contributed by atoms with E-state index in [-0.39, 0.29) is 16.7 Å². The highest BCUT2D eigenvalue weighted by Gasteiger charge is 2.31. The van der Waals surface area contributed by atoms with E-state index >= 15 is 0 Å². The maximum absolute atomic E-state index is 12.6. The van der Waals surface area contributed by atoms with Crippen molar-refractivity contribution >= 4 is 15.7 Å². The first-order valence-electron chi connectivity index (χ1n) is 7.31. The zero-order valence-electron chi connectivity index (χ0n) is 12.8. The lowest BCUT2D eigenvalue weighted by Gasteiger charge is -2.34. The highest BCUT2D eigenvalue weighted by atomic mass is 32.2. The fourth-order valence-corrected chi connectivity index (χ4v) is 4.43. The van der Waals surface area contributed by atoms with Crippen LogP contribution < -0.4 is 15.2 Å². The number of hydrogen-bond donors (Lipinski definition) is 2. The smallest absolute Gasteiger partial charge is 0.244 e. The molecule has 0 aromatic heterocycles. The van der Waals surface area contributed by atoms with Crippen LogP contribution in [0.3, 0.4) is 0 Å². The van der Waals surface area contributed by atoms with E-state index in [1.807, 2.05) is 0 Å². The lowest BCUT2D eigenvalue weighted by molar-refractivity contribution is 0.227. The first-order valence-corrected chi connectivity index (χ1v) is 8.79. The average molecular weight is 312 g/mol. The van der Waals surface area contributed by atoms with Crippen LogP contribution in [0.4, 0.5) is 5.69 Å². The van der Waals surface area contributed by atoms with E-state index in [2.05, 4.69) is 18.6 Å². The summed E-state index contributed by atoms with van der Waals surface area (Å²) < 4.78 is 33.2. The van der Waals surface area contributed by atoms with Gasteiger partial charge in [0.15, 0.2) is 0 Å². The summed E-state index contributed by atoms with van der Waals surface area (Å²) in [6, 6.07) is 4.57. The highest BCUT2D eigenvalue weighted by Crippen LogP contribution is 2.32. The Morgan fingerprint density at radius 2 is 2.00 bits per heavy atom. The molecule has 3 N–H and O–H groups in total. The Morgan fingerprint density at radius 3 is 2.67 bits per heavy atom. The number of nitrogens with one attached hydrogen (secondary N) is 1. The molecule has 0 bridgehead atoms. The Balaban J connectivity index is 2.26. The number of ether oxygens (including phenoxy) is 1. The molecule has 5 nitrogen and oxygen atoms in total. The molecule has 3 atom stereocenters. The third-order valence-corrected chi connectivity index (χ3v) is 6.02. The Labute approximate surface area is 126 Å². The summed E-state index contributed by atoms with van der Waals surface area (Å²) in [5.74, 6) is 1.13. The van der Waals surface area contributed by atoms with Crippen LogP contribution in [0.5, 0.6) is 5.75 Å². The summed E-state index contributed by atoms with van der Waals surface area (Å²) in [5, 5.41) is 0. The molecule has 0 aliphatic heterocycles. The van der Waals surface area contributed by atoms with Gasteiger partial charge in [-0.2, -0.15) is 0 Å². The second-order valence-corrected chi connectivity index (χ2v) is 7.59. The van der Waals surface area contributed by atoms with Crippen molar-refractivity contribution < 1.29 is 13.2 Å². The molecule has 1 aromatic rings. The van der Waals surface area contributed by atoms with Crippen molar-refractivity contribution in [2.75, 3.05) is 12.8 Å². The topological polar surface area (TPSA) is 81.4 Å². The number of nitrogens with two attached hydrogens (primary N) is 1. The average Bonchev–Trinajstić information content (AvgIpc) is 2.43. The van der Waals surface area contributed by atoms with Crippen molar-refractivity contribution in [3.63, 3.8) is 0 Å². The van der Waals surface area contributed by atoms with Gasteiger partial charge < -0.3 is 10.5 Å². The summed E-state index contributed by atoms with van der Waals surface area (Å²) in [6.07, 6.45) is 3.09. The first-order chi connectivity index (χ1) is 9.85. The first kappa shape index (κ1) is 16.1. The van der Waals surface area contributed by atoms with Gasteiger partial charge in [-0.1, -0.05) is 26.7 Å². The van der Waals surface area contributed by atoms with Crippen LogP contribution in [-0.4, -0.2) is 21.6 Å². The van der Waals surface area contributed by atoms with Crippen molar-refractivity contribution in [2.24, 2.45) is 11.8 Å². The number of hydrogen-bond acceptors (Lipinski definition) is 4. The minimum absolute atomic E-state index is 0.0268. The van der Waals surface area contributed by atoms with Crippen LogP contribution in [0.1, 0.15) is 33.1 Å². The van der Waals surface area contributed by atoms with Crippen LogP contribution in [0.2, 0.25) is 0 Å². The monoisotopic (exact) mass is 312 g/mol. The van der Waals surface area contributed by atoms with E-state index < -0.39 is 10.0 Å². The van der Waals surface area contributed by atoms with Crippen molar-refractivity contribution in [1.29, 1.82) is 0 Å². The molecular formula is C15H24N2O3S. The number of rotatable bonds is 4. The Kier molecular flexibility index (Phi) is 4.78. The molecule has 21 heavy (non-hydrogen) atoms. The predicted molar refractivity (Wildman–Crippen MR) is 83.7 cm³/mol. The molecule has 1 fully saturated rings. The van der Waals surface area contributed by atoms with Crippen molar-refractivity contribution in [1.82, 2.24) is 4.72 Å². The van der Waals surface area contributed by atoms with Crippen molar-refractivity contribution in [3.05, 3.63) is 18.2 Å². The maximum Gasteiger partial charge on any atom is 0.244 e. The van der Waals surface area contributed by atoms with Gasteiger partial charge in [-0.05, 0) is 30.4 Å². The zero-order valence-corrected chi connectivity index (χ0v) is 13.6. The van der Waals surface area contributed by atoms with Gasteiger partial charge >= 0.3 is 0 Å². The van der Waals surface area contributed by atoms with E-state index in [1.54, 1.807) is 6.07 Å². The molecule has 1 aliphatic rings. The minimum atomic E-state index is -3.61. The largest absolute Gasteiger partial charge is 0.495 e. The molecule has 2 rings (SSSR count). The molecule has 0 radical (unpaired) electrons. The van der Waals surface area contributed by atoms with Gasteiger partial charge in [0.05, 0.1) is 7.11 Å². The van der Waals surface area contributed by atoms with Gasteiger partial charge in [-0.3, -0.25) is 0 Å². The third kappa shape index (κ3) is 3.49. The Bertz CT molecular complexity index is 601. The maximum atomic E-state index is 12.6. The molecule has 3 unspecified atom stereocenters. The van der Waals surface area contributed by atoms with Gasteiger partial charge in [0, 0.05) is 17.8 Å². The highest BCUT2D eigenvalue weighted by molar-refractivity contribution is 7.89. The van der Waals surface area contributed by atoms with Crippen LogP contribution in [-0.2, 0) is 10.0 Å². The molecule has 0 spiro atoms. The van der Waals surface area contributed by atoms with Crippen LogP contribution in [0.15, 0.2) is 23.1 Å². The van der Waals surface area contributed by atoms with Gasteiger partial charge in [0.1, 0.15) is 10.6 Å². The van der Waals surface area contributed by atoms with E-state index in [0.29, 0.717) is 17.5 Å². The van der Waals surface area contributed by atoms with E-state index in [9.17, 15) is 8.42 Å². The second-order valence-electron chi connectivity index (χ2n) is 5.91. The Hall–Kier alpha value is -1.27. The summed E-state index contributed by atoms with van der Waals surface area (Å²) in [5.41, 5.74) is 6.15. The molecule has 0 amide bonds. The molecular weight excluding hydrogens is 288 g/mol. The SMILES string of the molecule is COc1cc(N)ccc1S(=O)(=O)NC1CCCC(C)C1C. The lowest BCUT2D eigenvalue weighted by atomic mass is 9.78. The summed E-state index contributed by atoms with van der Waals surface area (Å²) in [6.45, 7) is 4.28. The molecule has 0 saturated heterocycles. The predicted octanol–water partition coefficient (Wildman–Crippen LogP) is 2.38. The molecule has 1 saturated carbocycles. The zero-order chi connectivity index (χ0) is 15.6. The normalized spacial score (nSPS) is 26.5. The molecule has 6 heteroatoms. The van der Waals surface area contributed by atoms with Gasteiger partial charge in [0.2, 0.25) is 10.0 Å². The van der Waals surface area contributed by atoms with Gasteiger partial charge in [-0.25, -0.2) is 13.1 Å². The van der Waals surface area contributed by atoms with Crippen LogP contribution in [0, 0.1) is 11.8 Å². The fourth-order valence-electron chi connectivity index (χ4n) is 2.92. The number of anilines is 1.